The molecule has 1 rings (SSSR count). The maximum Gasteiger partial charge on any atom is 0.0391 e. The molecule has 0 amide bonds. The Morgan fingerprint density at radius 1 is 1.35 bits per heavy atom. The maximum absolute atomic E-state index is 4.26. The van der Waals surface area contributed by atoms with Crippen molar-refractivity contribution < 1.29 is 0 Å². The highest BCUT2D eigenvalue weighted by Gasteiger charge is 2.32. The highest BCUT2D eigenvalue weighted by molar-refractivity contribution is 5.08. The van der Waals surface area contributed by atoms with E-state index in [0.29, 0.717) is 6.04 Å². The van der Waals surface area contributed by atoms with Gasteiger partial charge in [0.2, 0.25) is 0 Å². The van der Waals surface area contributed by atoms with E-state index < -0.39 is 0 Å². The second-order valence-electron chi connectivity index (χ2n) is 6.49. The first kappa shape index (κ1) is 14.5. The third-order valence-corrected chi connectivity index (χ3v) is 3.30. The smallest absolute Gasteiger partial charge is 0.0391 e. The lowest BCUT2D eigenvalue weighted by Gasteiger charge is -2.49. The minimum atomic E-state index is 0.185. The van der Waals surface area contributed by atoms with Gasteiger partial charge in [0.05, 0.1) is 0 Å². The summed E-state index contributed by atoms with van der Waals surface area (Å²) in [6.07, 6.45) is 0. The van der Waals surface area contributed by atoms with E-state index in [1.54, 1.807) is 0 Å². The molecule has 3 heteroatoms. The molecule has 3 nitrogen and oxygen atoms in total. The summed E-state index contributed by atoms with van der Waals surface area (Å²) in [5, 5.41) is 0. The van der Waals surface area contributed by atoms with Crippen LogP contribution in [-0.2, 0) is 0 Å². The zero-order valence-electron chi connectivity index (χ0n) is 12.5. The lowest BCUT2D eigenvalue weighted by molar-refractivity contribution is 0.0563. The van der Waals surface area contributed by atoms with Gasteiger partial charge in [-0.25, -0.2) is 0 Å². The Hall–Kier alpha value is -0.540. The Bertz CT molecular complexity index is 265. The SMILES string of the molecule is C=C1CN(CCN(C)C)C[C@@H](C)N1C(C)(C)C. The van der Waals surface area contributed by atoms with Crippen molar-refractivity contribution in [2.75, 3.05) is 40.3 Å². The first-order valence-electron chi connectivity index (χ1n) is 6.56. The van der Waals surface area contributed by atoms with Crippen LogP contribution in [0.15, 0.2) is 12.3 Å². The van der Waals surface area contributed by atoms with Gasteiger partial charge in [-0.15, -0.1) is 0 Å². The molecule has 0 N–H and O–H groups in total. The van der Waals surface area contributed by atoms with Crippen LogP contribution in [0.4, 0.5) is 0 Å². The van der Waals surface area contributed by atoms with Crippen molar-refractivity contribution in [2.45, 2.75) is 39.3 Å². The Kier molecular flexibility index (Phi) is 4.62. The van der Waals surface area contributed by atoms with Crippen LogP contribution >= 0.6 is 0 Å². The van der Waals surface area contributed by atoms with Gasteiger partial charge in [0.1, 0.15) is 0 Å². The van der Waals surface area contributed by atoms with Gasteiger partial charge in [0, 0.05) is 43.5 Å². The van der Waals surface area contributed by atoms with Crippen molar-refractivity contribution in [2.24, 2.45) is 0 Å². The fourth-order valence-electron chi connectivity index (χ4n) is 2.81. The monoisotopic (exact) mass is 239 g/mol. The molecule has 0 saturated carbocycles. The molecule has 1 heterocycles. The molecular weight excluding hydrogens is 210 g/mol. The first-order chi connectivity index (χ1) is 7.71. The lowest BCUT2D eigenvalue weighted by Crippen LogP contribution is -2.57. The van der Waals surface area contributed by atoms with Crippen LogP contribution in [-0.4, -0.2) is 66.6 Å². The number of nitrogens with zero attached hydrogens (tertiary/aromatic N) is 3. The van der Waals surface area contributed by atoms with Gasteiger partial charge >= 0.3 is 0 Å². The number of likely N-dealkylation sites (N-methyl/N-ethyl adjacent to an activating group) is 1. The number of rotatable bonds is 3. The van der Waals surface area contributed by atoms with E-state index in [1.807, 2.05) is 0 Å². The Morgan fingerprint density at radius 3 is 2.35 bits per heavy atom. The van der Waals surface area contributed by atoms with Crippen molar-refractivity contribution in [3.8, 4) is 0 Å². The molecule has 1 aliphatic rings. The molecule has 0 bridgehead atoms. The Balaban J connectivity index is 2.58. The zero-order chi connectivity index (χ0) is 13.2. The van der Waals surface area contributed by atoms with Gasteiger partial charge in [0.25, 0.3) is 0 Å². The highest BCUT2D eigenvalue weighted by Crippen LogP contribution is 2.26. The molecule has 0 aromatic carbocycles. The van der Waals surface area contributed by atoms with Crippen molar-refractivity contribution >= 4 is 0 Å². The summed E-state index contributed by atoms with van der Waals surface area (Å²) in [5.41, 5.74) is 1.44. The predicted molar refractivity (Wildman–Crippen MR) is 75.2 cm³/mol. The molecule has 1 fully saturated rings. The Labute approximate surface area is 107 Å². The summed E-state index contributed by atoms with van der Waals surface area (Å²) in [5.74, 6) is 0. The van der Waals surface area contributed by atoms with Crippen molar-refractivity contribution in [3.05, 3.63) is 12.3 Å². The minimum absolute atomic E-state index is 0.185. The van der Waals surface area contributed by atoms with E-state index in [2.05, 4.69) is 63.1 Å². The van der Waals surface area contributed by atoms with E-state index in [9.17, 15) is 0 Å². The van der Waals surface area contributed by atoms with Gasteiger partial charge in [-0.1, -0.05) is 6.58 Å². The first-order valence-corrected chi connectivity index (χ1v) is 6.56. The molecule has 17 heavy (non-hydrogen) atoms. The van der Waals surface area contributed by atoms with Crippen LogP contribution in [0.2, 0.25) is 0 Å². The summed E-state index contributed by atoms with van der Waals surface area (Å²) >= 11 is 0. The normalized spacial score (nSPS) is 23.6. The lowest BCUT2D eigenvalue weighted by atomic mass is 9.99. The van der Waals surface area contributed by atoms with E-state index >= 15 is 0 Å². The fraction of sp³-hybridized carbons (Fsp3) is 0.857. The summed E-state index contributed by atoms with van der Waals surface area (Å²) in [7, 11) is 4.26. The average molecular weight is 239 g/mol. The largest absolute Gasteiger partial charge is 0.365 e. The van der Waals surface area contributed by atoms with Crippen molar-refractivity contribution in [1.82, 2.24) is 14.7 Å². The topological polar surface area (TPSA) is 9.72 Å². The third kappa shape index (κ3) is 4.00. The molecule has 0 aliphatic carbocycles. The van der Waals surface area contributed by atoms with E-state index in [-0.39, 0.29) is 5.54 Å². The molecule has 0 radical (unpaired) electrons. The molecule has 0 aromatic heterocycles. The summed E-state index contributed by atoms with van der Waals surface area (Å²) in [6.45, 7) is 17.8. The number of hydrogen-bond donors (Lipinski definition) is 0. The molecule has 1 aliphatic heterocycles. The van der Waals surface area contributed by atoms with Crippen LogP contribution in [0, 0.1) is 0 Å². The molecule has 1 saturated heterocycles. The second kappa shape index (κ2) is 5.40. The van der Waals surface area contributed by atoms with Crippen LogP contribution in [0.5, 0.6) is 0 Å². The van der Waals surface area contributed by atoms with Crippen LogP contribution in [0.25, 0.3) is 0 Å². The molecule has 100 valence electrons. The Morgan fingerprint density at radius 2 is 1.94 bits per heavy atom. The second-order valence-corrected chi connectivity index (χ2v) is 6.49. The summed E-state index contributed by atoms with van der Waals surface area (Å²) in [4.78, 5) is 7.22. The van der Waals surface area contributed by atoms with Gasteiger partial charge in [-0.3, -0.25) is 4.90 Å². The zero-order valence-corrected chi connectivity index (χ0v) is 12.5. The van der Waals surface area contributed by atoms with Crippen LogP contribution < -0.4 is 0 Å². The molecule has 0 aromatic rings. The van der Waals surface area contributed by atoms with Crippen LogP contribution in [0.3, 0.4) is 0 Å². The minimum Gasteiger partial charge on any atom is -0.365 e. The van der Waals surface area contributed by atoms with Gasteiger partial charge in [0.15, 0.2) is 0 Å². The van der Waals surface area contributed by atoms with E-state index in [4.69, 9.17) is 0 Å². The van der Waals surface area contributed by atoms with Crippen molar-refractivity contribution in [1.29, 1.82) is 0 Å². The quantitative estimate of drug-likeness (QED) is 0.744. The molecule has 0 spiro atoms. The standard InChI is InChI=1S/C14H29N3/c1-12-10-16(9-8-15(6)7)11-13(2)17(12)14(3,4)5/h13H,1,8-11H2,2-7H3/t13-/m1/s1. The van der Waals surface area contributed by atoms with Crippen molar-refractivity contribution in [3.63, 3.8) is 0 Å². The van der Waals surface area contributed by atoms with Gasteiger partial charge in [-0.2, -0.15) is 0 Å². The van der Waals surface area contributed by atoms with Gasteiger partial charge < -0.3 is 9.80 Å². The van der Waals surface area contributed by atoms with Crippen LogP contribution in [0.1, 0.15) is 27.7 Å². The highest BCUT2D eigenvalue weighted by atomic mass is 15.3. The average Bonchev–Trinajstić information content (AvgIpc) is 2.11. The summed E-state index contributed by atoms with van der Waals surface area (Å²) < 4.78 is 0. The number of piperazine rings is 1. The van der Waals surface area contributed by atoms with E-state index in [1.165, 1.54) is 5.70 Å². The van der Waals surface area contributed by atoms with Gasteiger partial charge in [-0.05, 0) is 41.8 Å². The third-order valence-electron chi connectivity index (χ3n) is 3.30. The number of hydrogen-bond acceptors (Lipinski definition) is 3. The molecular formula is C14H29N3. The van der Waals surface area contributed by atoms with E-state index in [0.717, 1.165) is 26.2 Å². The fourth-order valence-corrected chi connectivity index (χ4v) is 2.81. The maximum atomic E-state index is 4.26. The molecule has 1 atom stereocenters. The predicted octanol–water partition coefficient (Wildman–Crippen LogP) is 1.87. The summed E-state index contributed by atoms with van der Waals surface area (Å²) in [6, 6.07) is 0.554. The molecule has 0 unspecified atom stereocenters.